The van der Waals surface area contributed by atoms with Crippen molar-refractivity contribution in [1.82, 2.24) is 19.5 Å². The number of aryl methyl sites for hydroxylation is 1. The van der Waals surface area contributed by atoms with Gasteiger partial charge in [0.05, 0.1) is 48.5 Å². The molecule has 0 unspecified atom stereocenters. The summed E-state index contributed by atoms with van der Waals surface area (Å²) in [6.07, 6.45) is 4.65. The zero-order valence-corrected chi connectivity index (χ0v) is 26.6. The monoisotopic (exact) mass is 614 g/mol. The van der Waals surface area contributed by atoms with E-state index >= 15 is 0 Å². The number of ether oxygens (including phenoxy) is 3. The van der Waals surface area contributed by atoms with E-state index in [-0.39, 0.29) is 23.5 Å². The normalized spacial score (nSPS) is 16.4. The van der Waals surface area contributed by atoms with E-state index in [0.29, 0.717) is 68.6 Å². The summed E-state index contributed by atoms with van der Waals surface area (Å²) >= 11 is 0. The Kier molecular flexibility index (Phi) is 9.04. The van der Waals surface area contributed by atoms with Gasteiger partial charge < -0.3 is 24.0 Å². The van der Waals surface area contributed by atoms with Crippen LogP contribution in [0.25, 0.3) is 21.8 Å². The van der Waals surface area contributed by atoms with Crippen LogP contribution < -0.4 is 24.8 Å². The maximum absolute atomic E-state index is 13.4. The minimum atomic E-state index is -0.124. The summed E-state index contributed by atoms with van der Waals surface area (Å²) in [6, 6.07) is 9.79. The molecule has 2 aliphatic heterocycles. The van der Waals surface area contributed by atoms with Gasteiger partial charge in [-0.15, -0.1) is 0 Å². The van der Waals surface area contributed by atoms with Gasteiger partial charge in [0, 0.05) is 43.7 Å². The lowest BCUT2D eigenvalue weighted by molar-refractivity contribution is -0.148. The van der Waals surface area contributed by atoms with Crippen LogP contribution in [0.1, 0.15) is 58.1 Å². The van der Waals surface area contributed by atoms with Crippen LogP contribution in [0.2, 0.25) is 0 Å². The molecule has 0 saturated carbocycles. The van der Waals surface area contributed by atoms with E-state index in [4.69, 9.17) is 24.2 Å². The molecular weight excluding hydrogens is 572 g/mol. The first-order valence-corrected chi connectivity index (χ1v) is 16.2. The van der Waals surface area contributed by atoms with Crippen LogP contribution in [-0.2, 0) is 9.53 Å². The molecule has 45 heavy (non-hydrogen) atoms. The lowest BCUT2D eigenvalue weighted by Gasteiger charge is -2.35. The van der Waals surface area contributed by atoms with Gasteiger partial charge in [0.1, 0.15) is 5.82 Å². The largest absolute Gasteiger partial charge is 0.490 e. The highest BCUT2D eigenvalue weighted by Gasteiger charge is 2.30. The minimum absolute atomic E-state index is 0.00736. The Morgan fingerprint density at radius 2 is 1.51 bits per heavy atom. The molecule has 4 aromatic rings. The van der Waals surface area contributed by atoms with Gasteiger partial charge >= 0.3 is 5.97 Å². The van der Waals surface area contributed by atoms with Crippen molar-refractivity contribution in [3.05, 3.63) is 52.6 Å². The van der Waals surface area contributed by atoms with Crippen molar-refractivity contribution < 1.29 is 19.0 Å². The van der Waals surface area contributed by atoms with Crippen molar-refractivity contribution in [1.29, 1.82) is 0 Å². The molecule has 0 spiro atoms. The van der Waals surface area contributed by atoms with Crippen LogP contribution in [0, 0.1) is 12.8 Å². The Balaban J connectivity index is 1.31. The first-order valence-electron chi connectivity index (χ1n) is 16.2. The van der Waals surface area contributed by atoms with Crippen LogP contribution in [0.5, 0.6) is 11.5 Å². The number of esters is 1. The Bertz CT molecular complexity index is 1740. The SMILES string of the molecule is CCOC(=O)C1CCN(c2nc(N3CCC(n4cnc5ccc(C)cc5c4=O)CC3)c3cc(OCC)c(OCC)cc3n2)CC1. The molecular formula is C34H42N6O5. The van der Waals surface area contributed by atoms with Gasteiger partial charge in [0.15, 0.2) is 11.5 Å². The van der Waals surface area contributed by atoms with Crippen LogP contribution >= 0.6 is 0 Å². The van der Waals surface area contributed by atoms with E-state index < -0.39 is 0 Å². The molecule has 6 rings (SSSR count). The summed E-state index contributed by atoms with van der Waals surface area (Å²) in [4.78, 5) is 45.0. The second kappa shape index (κ2) is 13.3. The summed E-state index contributed by atoms with van der Waals surface area (Å²) in [5.74, 6) is 2.57. The standard InChI is InChI=1S/C34H42N6O5/c1-5-43-29-19-25-28(20-30(29)44-6-2)36-34(39-14-10-23(11-15-39)33(42)45-7-3)37-31(25)38-16-12-24(13-17-38)40-21-35-27-9-8-22(4)18-26(27)32(40)41/h8-9,18-21,23-24H,5-7,10-17H2,1-4H3. The second-order valence-electron chi connectivity index (χ2n) is 11.7. The average Bonchev–Trinajstić information content (AvgIpc) is 3.05. The number of hydrogen-bond acceptors (Lipinski definition) is 10. The molecule has 4 heterocycles. The number of carbonyl (C=O) groups excluding carboxylic acids is 1. The lowest BCUT2D eigenvalue weighted by atomic mass is 9.97. The number of hydrogen-bond donors (Lipinski definition) is 0. The molecule has 0 N–H and O–H groups in total. The minimum Gasteiger partial charge on any atom is -0.490 e. The quantitative estimate of drug-likeness (QED) is 0.237. The third-order valence-corrected chi connectivity index (χ3v) is 8.82. The van der Waals surface area contributed by atoms with Gasteiger partial charge in [-0.2, -0.15) is 4.98 Å². The van der Waals surface area contributed by atoms with E-state index in [0.717, 1.165) is 53.7 Å². The van der Waals surface area contributed by atoms with Crippen molar-refractivity contribution in [2.45, 2.75) is 59.4 Å². The number of carbonyl (C=O) groups is 1. The summed E-state index contributed by atoms with van der Waals surface area (Å²) < 4.78 is 19.0. The maximum atomic E-state index is 13.4. The van der Waals surface area contributed by atoms with E-state index in [1.165, 1.54) is 0 Å². The number of piperidine rings is 2. The summed E-state index contributed by atoms with van der Waals surface area (Å²) in [5.41, 5.74) is 2.56. The topological polar surface area (TPSA) is 112 Å². The fourth-order valence-electron chi connectivity index (χ4n) is 6.47. The number of anilines is 2. The Hall–Kier alpha value is -4.41. The van der Waals surface area contributed by atoms with Gasteiger partial charge in [-0.25, -0.2) is 9.97 Å². The van der Waals surface area contributed by atoms with Gasteiger partial charge in [0.2, 0.25) is 5.95 Å². The fraction of sp³-hybridized carbons (Fsp3) is 0.500. The molecule has 11 heteroatoms. The van der Waals surface area contributed by atoms with Gasteiger partial charge in [-0.3, -0.25) is 14.2 Å². The van der Waals surface area contributed by atoms with Gasteiger partial charge in [-0.1, -0.05) is 11.6 Å². The lowest BCUT2D eigenvalue weighted by Crippen LogP contribution is -2.39. The van der Waals surface area contributed by atoms with E-state index in [2.05, 4.69) is 14.8 Å². The number of aromatic nitrogens is 4. The maximum Gasteiger partial charge on any atom is 0.309 e. The highest BCUT2D eigenvalue weighted by molar-refractivity contribution is 5.93. The highest BCUT2D eigenvalue weighted by atomic mass is 16.5. The number of fused-ring (bicyclic) bond motifs is 2. The molecule has 238 valence electrons. The third kappa shape index (κ3) is 6.25. The average molecular weight is 615 g/mol. The van der Waals surface area contributed by atoms with Gasteiger partial charge in [-0.05, 0) is 71.6 Å². The summed E-state index contributed by atoms with van der Waals surface area (Å²) in [6.45, 7) is 11.9. The molecule has 2 fully saturated rings. The molecule has 0 bridgehead atoms. The first kappa shape index (κ1) is 30.6. The zero-order valence-electron chi connectivity index (χ0n) is 26.6. The number of benzene rings is 2. The van der Waals surface area contributed by atoms with Crippen LogP contribution in [0.4, 0.5) is 11.8 Å². The number of nitrogens with zero attached hydrogens (tertiary/aromatic N) is 6. The van der Waals surface area contributed by atoms with Crippen molar-refractivity contribution in [3.63, 3.8) is 0 Å². The van der Waals surface area contributed by atoms with E-state index in [1.54, 1.807) is 10.9 Å². The molecule has 2 aromatic carbocycles. The van der Waals surface area contributed by atoms with Crippen molar-refractivity contribution in [2.24, 2.45) is 5.92 Å². The van der Waals surface area contributed by atoms with Crippen molar-refractivity contribution in [3.8, 4) is 11.5 Å². The summed E-state index contributed by atoms with van der Waals surface area (Å²) in [7, 11) is 0. The van der Waals surface area contributed by atoms with Crippen LogP contribution in [-0.4, -0.2) is 71.5 Å². The zero-order chi connectivity index (χ0) is 31.5. The molecule has 0 radical (unpaired) electrons. The molecule has 11 nitrogen and oxygen atoms in total. The van der Waals surface area contributed by atoms with Gasteiger partial charge in [0.25, 0.3) is 5.56 Å². The van der Waals surface area contributed by atoms with E-state index in [1.807, 2.05) is 58.0 Å². The van der Waals surface area contributed by atoms with Crippen molar-refractivity contribution >= 4 is 39.5 Å². The Labute approximate surface area is 263 Å². The predicted octanol–water partition coefficient (Wildman–Crippen LogP) is 5.07. The van der Waals surface area contributed by atoms with Crippen LogP contribution in [0.3, 0.4) is 0 Å². The molecule has 0 amide bonds. The molecule has 2 saturated heterocycles. The fourth-order valence-corrected chi connectivity index (χ4v) is 6.47. The van der Waals surface area contributed by atoms with Crippen molar-refractivity contribution in [2.75, 3.05) is 55.8 Å². The Morgan fingerprint density at radius 3 is 2.20 bits per heavy atom. The summed E-state index contributed by atoms with van der Waals surface area (Å²) in [5, 5.41) is 1.55. The molecule has 0 atom stereocenters. The highest BCUT2D eigenvalue weighted by Crippen LogP contribution is 2.38. The molecule has 2 aromatic heterocycles. The Morgan fingerprint density at radius 1 is 0.822 bits per heavy atom. The molecule has 0 aliphatic carbocycles. The van der Waals surface area contributed by atoms with Crippen LogP contribution in [0.15, 0.2) is 41.5 Å². The third-order valence-electron chi connectivity index (χ3n) is 8.82. The predicted molar refractivity (Wildman–Crippen MR) is 175 cm³/mol. The molecule has 2 aliphatic rings. The first-order chi connectivity index (χ1) is 21.9. The van der Waals surface area contributed by atoms with E-state index in [9.17, 15) is 9.59 Å². The smallest absolute Gasteiger partial charge is 0.309 e. The second-order valence-corrected chi connectivity index (χ2v) is 11.7. The number of rotatable bonds is 9.